The molecule has 0 aromatic carbocycles. The number of hydrogen-bond acceptors (Lipinski definition) is 6. The summed E-state index contributed by atoms with van der Waals surface area (Å²) in [5, 5.41) is 19.3. The SMILES string of the molecule is C=C1C(CO)C(O)CC1n1cnc2c(I)nc(N)nc21. The van der Waals surface area contributed by atoms with Crippen molar-refractivity contribution < 1.29 is 10.2 Å². The van der Waals surface area contributed by atoms with Crippen LogP contribution < -0.4 is 5.73 Å². The second-order valence-electron chi connectivity index (χ2n) is 4.88. The molecule has 0 saturated heterocycles. The molecule has 1 aliphatic carbocycles. The van der Waals surface area contributed by atoms with Gasteiger partial charge < -0.3 is 20.5 Å². The van der Waals surface area contributed by atoms with Gasteiger partial charge in [-0.3, -0.25) is 0 Å². The van der Waals surface area contributed by atoms with E-state index in [-0.39, 0.29) is 24.5 Å². The fraction of sp³-hybridized carbons (Fsp3) is 0.417. The minimum Gasteiger partial charge on any atom is -0.396 e. The van der Waals surface area contributed by atoms with Gasteiger partial charge in [-0.25, -0.2) is 9.97 Å². The molecule has 3 rings (SSSR count). The van der Waals surface area contributed by atoms with Gasteiger partial charge in [-0.1, -0.05) is 6.58 Å². The van der Waals surface area contributed by atoms with Crippen molar-refractivity contribution in [3.05, 3.63) is 22.2 Å². The van der Waals surface area contributed by atoms with Crippen LogP contribution in [0.25, 0.3) is 11.2 Å². The van der Waals surface area contributed by atoms with E-state index in [1.54, 1.807) is 6.33 Å². The van der Waals surface area contributed by atoms with Crippen molar-refractivity contribution in [2.75, 3.05) is 12.3 Å². The lowest BCUT2D eigenvalue weighted by Crippen LogP contribution is -2.17. The van der Waals surface area contributed by atoms with Gasteiger partial charge in [-0.05, 0) is 34.6 Å². The van der Waals surface area contributed by atoms with Crippen LogP contribution in [0.5, 0.6) is 0 Å². The van der Waals surface area contributed by atoms with Crippen molar-refractivity contribution in [2.24, 2.45) is 5.92 Å². The minimum atomic E-state index is -0.604. The van der Waals surface area contributed by atoms with Crippen molar-refractivity contribution in [3.8, 4) is 0 Å². The molecule has 3 unspecified atom stereocenters. The summed E-state index contributed by atoms with van der Waals surface area (Å²) >= 11 is 2.06. The first-order chi connectivity index (χ1) is 9.52. The predicted octanol–water partition coefficient (Wildman–Crippen LogP) is 0.483. The molecule has 1 saturated carbocycles. The maximum atomic E-state index is 10.00. The zero-order valence-electron chi connectivity index (χ0n) is 10.6. The Hall–Kier alpha value is -1.26. The maximum Gasteiger partial charge on any atom is 0.223 e. The molecule has 8 heteroatoms. The van der Waals surface area contributed by atoms with Crippen LogP contribution in [0.3, 0.4) is 0 Å². The molecule has 1 fully saturated rings. The number of nitrogen functional groups attached to an aromatic ring is 1. The van der Waals surface area contributed by atoms with Gasteiger partial charge in [-0.2, -0.15) is 4.98 Å². The largest absolute Gasteiger partial charge is 0.396 e. The first-order valence-corrected chi connectivity index (χ1v) is 7.24. The molecule has 2 heterocycles. The van der Waals surface area contributed by atoms with Crippen LogP contribution in [0.15, 0.2) is 18.5 Å². The third-order valence-corrected chi connectivity index (χ3v) is 4.51. The van der Waals surface area contributed by atoms with E-state index in [0.29, 0.717) is 21.3 Å². The van der Waals surface area contributed by atoms with Gasteiger partial charge in [0.25, 0.3) is 0 Å². The molecule has 0 aliphatic heterocycles. The first kappa shape index (κ1) is 13.7. The van der Waals surface area contributed by atoms with Crippen LogP contribution in [0.1, 0.15) is 12.5 Å². The Morgan fingerprint density at radius 2 is 2.25 bits per heavy atom. The molecule has 7 nitrogen and oxygen atoms in total. The van der Waals surface area contributed by atoms with Crippen LogP contribution in [-0.2, 0) is 0 Å². The topological polar surface area (TPSA) is 110 Å². The van der Waals surface area contributed by atoms with E-state index in [2.05, 4.69) is 44.1 Å². The Morgan fingerprint density at radius 1 is 1.50 bits per heavy atom. The van der Waals surface area contributed by atoms with Crippen molar-refractivity contribution in [2.45, 2.75) is 18.6 Å². The van der Waals surface area contributed by atoms with Crippen LogP contribution in [0.2, 0.25) is 0 Å². The Labute approximate surface area is 128 Å². The van der Waals surface area contributed by atoms with Crippen LogP contribution in [-0.4, -0.2) is 42.4 Å². The Balaban J connectivity index is 2.10. The molecule has 0 amide bonds. The van der Waals surface area contributed by atoms with Crippen molar-refractivity contribution in [1.29, 1.82) is 0 Å². The fourth-order valence-electron chi connectivity index (χ4n) is 2.70. The summed E-state index contributed by atoms with van der Waals surface area (Å²) in [5.74, 6) is -0.123. The van der Waals surface area contributed by atoms with Gasteiger partial charge in [0.15, 0.2) is 5.65 Å². The third kappa shape index (κ3) is 1.98. The standard InChI is InChI=1S/C12H14IN5O2/c1-5-6(3-19)8(20)2-7(5)18-4-15-9-10(13)16-12(14)17-11(9)18/h4,6-8,19-20H,1-3H2,(H2,14,16,17). The summed E-state index contributed by atoms with van der Waals surface area (Å²) in [5.41, 5.74) is 7.77. The number of halogens is 1. The monoisotopic (exact) mass is 387 g/mol. The van der Waals surface area contributed by atoms with Gasteiger partial charge in [-0.15, -0.1) is 0 Å². The molecule has 0 bridgehead atoms. The van der Waals surface area contributed by atoms with E-state index in [1.807, 2.05) is 4.57 Å². The van der Waals surface area contributed by atoms with Gasteiger partial charge in [0.2, 0.25) is 5.95 Å². The quantitative estimate of drug-likeness (QED) is 0.393. The summed E-state index contributed by atoms with van der Waals surface area (Å²) in [6.45, 7) is 3.89. The second kappa shape index (κ2) is 4.93. The molecule has 106 valence electrons. The van der Waals surface area contributed by atoms with Gasteiger partial charge in [0, 0.05) is 5.92 Å². The predicted molar refractivity (Wildman–Crippen MR) is 81.8 cm³/mol. The van der Waals surface area contributed by atoms with Crippen LogP contribution >= 0.6 is 22.6 Å². The van der Waals surface area contributed by atoms with Crippen LogP contribution in [0, 0.1) is 9.62 Å². The van der Waals surface area contributed by atoms with Crippen molar-refractivity contribution in [3.63, 3.8) is 0 Å². The lowest BCUT2D eigenvalue weighted by Gasteiger charge is -2.15. The van der Waals surface area contributed by atoms with E-state index in [4.69, 9.17) is 5.73 Å². The van der Waals surface area contributed by atoms with E-state index < -0.39 is 6.10 Å². The van der Waals surface area contributed by atoms with E-state index in [1.165, 1.54) is 0 Å². The average molecular weight is 387 g/mol. The molecule has 2 aromatic heterocycles. The smallest absolute Gasteiger partial charge is 0.223 e. The Bertz CT molecular complexity index is 686. The molecule has 0 spiro atoms. The number of imidazole rings is 1. The maximum absolute atomic E-state index is 10.00. The molecule has 1 aliphatic rings. The number of anilines is 1. The highest BCUT2D eigenvalue weighted by molar-refractivity contribution is 14.1. The number of rotatable bonds is 2. The number of hydrogen-bond donors (Lipinski definition) is 3. The number of fused-ring (bicyclic) bond motifs is 1. The lowest BCUT2D eigenvalue weighted by atomic mass is 10.0. The van der Waals surface area contributed by atoms with Crippen LogP contribution in [0.4, 0.5) is 5.95 Å². The number of nitrogens with two attached hydrogens (primary N) is 1. The van der Waals surface area contributed by atoms with Crippen molar-refractivity contribution in [1.82, 2.24) is 19.5 Å². The van der Waals surface area contributed by atoms with E-state index in [0.717, 1.165) is 5.57 Å². The molecule has 20 heavy (non-hydrogen) atoms. The first-order valence-electron chi connectivity index (χ1n) is 6.16. The molecule has 4 N–H and O–H groups in total. The normalized spacial score (nSPS) is 26.6. The van der Waals surface area contributed by atoms with Crippen molar-refractivity contribution >= 4 is 39.7 Å². The second-order valence-corrected chi connectivity index (χ2v) is 5.90. The molecule has 3 atom stereocenters. The summed E-state index contributed by atoms with van der Waals surface area (Å²) in [7, 11) is 0. The average Bonchev–Trinajstić information content (AvgIpc) is 2.91. The fourth-order valence-corrected chi connectivity index (χ4v) is 3.32. The Morgan fingerprint density at radius 3 is 2.90 bits per heavy atom. The zero-order chi connectivity index (χ0) is 14.4. The lowest BCUT2D eigenvalue weighted by molar-refractivity contribution is 0.101. The highest BCUT2D eigenvalue weighted by Crippen LogP contribution is 2.40. The molecular formula is C12H14IN5O2. The molecular weight excluding hydrogens is 373 g/mol. The highest BCUT2D eigenvalue weighted by Gasteiger charge is 2.37. The van der Waals surface area contributed by atoms with Gasteiger partial charge in [0.1, 0.15) is 9.22 Å². The number of aromatic nitrogens is 4. The third-order valence-electron chi connectivity index (χ3n) is 3.76. The summed E-state index contributed by atoms with van der Waals surface area (Å²) in [6, 6.07) is -0.141. The minimum absolute atomic E-state index is 0.113. The highest BCUT2D eigenvalue weighted by atomic mass is 127. The summed E-state index contributed by atoms with van der Waals surface area (Å²) in [4.78, 5) is 12.6. The van der Waals surface area contributed by atoms with Gasteiger partial charge >= 0.3 is 0 Å². The van der Waals surface area contributed by atoms with E-state index >= 15 is 0 Å². The number of aliphatic hydroxyl groups is 2. The van der Waals surface area contributed by atoms with Gasteiger partial charge in [0.05, 0.1) is 25.1 Å². The van der Waals surface area contributed by atoms with E-state index in [9.17, 15) is 10.2 Å². The number of nitrogens with zero attached hydrogens (tertiary/aromatic N) is 4. The summed E-state index contributed by atoms with van der Waals surface area (Å²) < 4.78 is 2.53. The molecule has 0 radical (unpaired) electrons. The Kier molecular flexibility index (Phi) is 3.38. The number of aliphatic hydroxyl groups excluding tert-OH is 2. The summed E-state index contributed by atoms with van der Waals surface area (Å²) in [6.07, 6.45) is 1.53. The molecule has 2 aromatic rings. The zero-order valence-corrected chi connectivity index (χ0v) is 12.7.